The Balaban J connectivity index is 3.48. The maximum atomic E-state index is 10.4. The van der Waals surface area contributed by atoms with Gasteiger partial charge in [0.2, 0.25) is 0 Å². The van der Waals surface area contributed by atoms with Crippen molar-refractivity contribution in [2.75, 3.05) is 12.9 Å². The third kappa shape index (κ3) is 8.94. The van der Waals surface area contributed by atoms with Crippen LogP contribution >= 0.6 is 0 Å². The van der Waals surface area contributed by atoms with E-state index in [0.717, 1.165) is 6.26 Å². The fourth-order valence-electron chi connectivity index (χ4n) is 0.361. The fourth-order valence-corrected chi connectivity index (χ4v) is 0.747. The lowest BCUT2D eigenvalue weighted by Gasteiger charge is -1.94. The van der Waals surface area contributed by atoms with Crippen LogP contribution in [0.4, 0.5) is 0 Å². The Hall–Kier alpha value is -1.06. The molecule has 0 aliphatic rings. The number of ether oxygens (including phenoxy) is 1. The maximum Gasteiger partial charge on any atom is 0.307 e. The third-order valence-electron chi connectivity index (χ3n) is 0.704. The van der Waals surface area contributed by atoms with Crippen molar-refractivity contribution in [2.24, 2.45) is 0 Å². The smallest absolute Gasteiger partial charge is 0.307 e. The van der Waals surface area contributed by atoms with Crippen LogP contribution in [0.25, 0.3) is 0 Å². The van der Waals surface area contributed by atoms with Gasteiger partial charge in [-0.25, -0.2) is 0 Å². The van der Waals surface area contributed by atoms with E-state index < -0.39 is 10.1 Å². The lowest BCUT2D eigenvalue weighted by atomic mass is 10.5. The van der Waals surface area contributed by atoms with Crippen molar-refractivity contribution in [3.8, 4) is 12.0 Å². The van der Waals surface area contributed by atoms with Crippen LogP contribution in [0.3, 0.4) is 0 Å². The van der Waals surface area contributed by atoms with Gasteiger partial charge in [0.25, 0.3) is 10.1 Å². The highest BCUT2D eigenvalue weighted by atomic mass is 32.2. The van der Waals surface area contributed by atoms with Crippen molar-refractivity contribution in [1.29, 1.82) is 0 Å². The van der Waals surface area contributed by atoms with Crippen LogP contribution in [0.1, 0.15) is 6.42 Å². The zero-order valence-electron chi connectivity index (χ0n) is 6.44. The van der Waals surface area contributed by atoms with E-state index in [9.17, 15) is 13.2 Å². The van der Waals surface area contributed by atoms with Gasteiger partial charge >= 0.3 is 6.47 Å². The summed E-state index contributed by atoms with van der Waals surface area (Å²) < 4.78 is 29.1. The Labute approximate surface area is 70.8 Å². The average molecular weight is 192 g/mol. The predicted octanol–water partition coefficient (Wildman–Crippen LogP) is -0.513. The minimum absolute atomic E-state index is 0.0337. The quantitative estimate of drug-likeness (QED) is 0.259. The largest absolute Gasteiger partial charge is 0.375 e. The van der Waals surface area contributed by atoms with Gasteiger partial charge in [-0.15, -0.1) is 0 Å². The van der Waals surface area contributed by atoms with Gasteiger partial charge in [-0.2, -0.15) is 8.42 Å². The average Bonchev–Trinajstić information content (AvgIpc) is 1.94. The highest BCUT2D eigenvalue weighted by Gasteiger charge is 1.98. The zero-order chi connectivity index (χ0) is 9.45. The summed E-state index contributed by atoms with van der Waals surface area (Å²) >= 11 is 0. The molecule has 0 spiro atoms. The van der Waals surface area contributed by atoms with Crippen molar-refractivity contribution < 1.29 is 22.1 Å². The van der Waals surface area contributed by atoms with E-state index in [2.05, 4.69) is 14.8 Å². The van der Waals surface area contributed by atoms with Gasteiger partial charge < -0.3 is 4.74 Å². The normalized spacial score (nSPS) is 9.75. The maximum absolute atomic E-state index is 10.4. The first kappa shape index (κ1) is 10.9. The second-order valence-corrected chi connectivity index (χ2v) is 3.41. The minimum atomic E-state index is -3.40. The van der Waals surface area contributed by atoms with Gasteiger partial charge in [-0.05, 0) is 0 Å². The number of carbonyl (C=O) groups excluding carboxylic acids is 1. The number of carbonyl (C=O) groups is 1. The van der Waals surface area contributed by atoms with Crippen LogP contribution in [-0.2, 0) is 23.8 Å². The standard InChI is InChI=1S/C6H8O5S/c1-12(8,9)11-5-3-2-4-10-6-7/h6H,3,5H2,1H3. The van der Waals surface area contributed by atoms with E-state index in [-0.39, 0.29) is 19.5 Å². The van der Waals surface area contributed by atoms with E-state index in [1.54, 1.807) is 0 Å². The lowest BCUT2D eigenvalue weighted by molar-refractivity contribution is -0.122. The molecule has 0 saturated heterocycles. The molecule has 5 nitrogen and oxygen atoms in total. The molecule has 6 heteroatoms. The molecule has 0 unspecified atom stereocenters. The first-order chi connectivity index (χ1) is 5.56. The molecule has 68 valence electrons. The van der Waals surface area contributed by atoms with Crippen LogP contribution < -0.4 is 0 Å². The Morgan fingerprint density at radius 2 is 2.17 bits per heavy atom. The Bertz CT molecular complexity index is 281. The van der Waals surface area contributed by atoms with E-state index in [4.69, 9.17) is 0 Å². The van der Waals surface area contributed by atoms with Gasteiger partial charge in [0.1, 0.15) is 6.11 Å². The SMILES string of the molecule is CS(=O)(=O)OCCC#COC=O. The summed E-state index contributed by atoms with van der Waals surface area (Å²) in [5.41, 5.74) is 0. The molecule has 0 atom stereocenters. The summed E-state index contributed by atoms with van der Waals surface area (Å²) in [5, 5.41) is 0. The molecule has 0 radical (unpaired) electrons. The zero-order valence-corrected chi connectivity index (χ0v) is 7.26. The van der Waals surface area contributed by atoms with Gasteiger partial charge in [0, 0.05) is 6.42 Å². The van der Waals surface area contributed by atoms with Gasteiger partial charge in [-0.1, -0.05) is 5.92 Å². The second-order valence-electron chi connectivity index (χ2n) is 1.77. The molecule has 0 aromatic heterocycles. The van der Waals surface area contributed by atoms with Crippen LogP contribution in [-0.4, -0.2) is 27.8 Å². The molecule has 0 fully saturated rings. The summed E-state index contributed by atoms with van der Waals surface area (Å²) in [4.78, 5) is 9.54. The molecule has 0 bridgehead atoms. The van der Waals surface area contributed by atoms with Crippen LogP contribution in [0.5, 0.6) is 0 Å². The van der Waals surface area contributed by atoms with E-state index in [1.165, 1.54) is 0 Å². The first-order valence-electron chi connectivity index (χ1n) is 2.98. The molecule has 0 aliphatic carbocycles. The van der Waals surface area contributed by atoms with Crippen molar-refractivity contribution >= 4 is 16.6 Å². The molecule has 12 heavy (non-hydrogen) atoms. The molecular weight excluding hydrogens is 184 g/mol. The topological polar surface area (TPSA) is 69.7 Å². The van der Waals surface area contributed by atoms with Gasteiger partial charge in [0.05, 0.1) is 12.9 Å². The minimum Gasteiger partial charge on any atom is -0.375 e. The Morgan fingerprint density at radius 1 is 1.50 bits per heavy atom. The number of rotatable bonds is 4. The predicted molar refractivity (Wildman–Crippen MR) is 40.3 cm³/mol. The fraction of sp³-hybridized carbons (Fsp3) is 0.500. The summed E-state index contributed by atoms with van der Waals surface area (Å²) in [6.45, 7) is 0.151. The van der Waals surface area contributed by atoms with E-state index in [1.807, 2.05) is 6.11 Å². The highest BCUT2D eigenvalue weighted by molar-refractivity contribution is 7.85. The van der Waals surface area contributed by atoms with Crippen molar-refractivity contribution in [2.45, 2.75) is 6.42 Å². The van der Waals surface area contributed by atoms with Crippen molar-refractivity contribution in [3.63, 3.8) is 0 Å². The second kappa shape index (κ2) is 5.57. The molecule has 0 saturated carbocycles. The van der Waals surface area contributed by atoms with Gasteiger partial charge in [-0.3, -0.25) is 8.98 Å². The summed E-state index contributed by atoms with van der Waals surface area (Å²) in [6, 6.07) is 0. The molecule has 0 aliphatic heterocycles. The monoisotopic (exact) mass is 192 g/mol. The number of hydrogen-bond acceptors (Lipinski definition) is 5. The summed E-state index contributed by atoms with van der Waals surface area (Å²) in [7, 11) is -3.40. The van der Waals surface area contributed by atoms with E-state index in [0.29, 0.717) is 0 Å². The lowest BCUT2D eigenvalue weighted by Crippen LogP contribution is -2.03. The van der Waals surface area contributed by atoms with Crippen LogP contribution in [0.2, 0.25) is 0 Å². The van der Waals surface area contributed by atoms with Crippen molar-refractivity contribution in [1.82, 2.24) is 0 Å². The molecule has 0 rings (SSSR count). The molecule has 0 N–H and O–H groups in total. The summed E-state index contributed by atoms with van der Waals surface area (Å²) in [5.74, 6) is 2.37. The van der Waals surface area contributed by atoms with Crippen LogP contribution in [0.15, 0.2) is 0 Å². The first-order valence-corrected chi connectivity index (χ1v) is 4.79. The van der Waals surface area contributed by atoms with Gasteiger partial charge in [0.15, 0.2) is 0 Å². The number of hydrogen-bond donors (Lipinski definition) is 0. The van der Waals surface area contributed by atoms with Crippen LogP contribution in [0, 0.1) is 12.0 Å². The van der Waals surface area contributed by atoms with E-state index >= 15 is 0 Å². The highest BCUT2D eigenvalue weighted by Crippen LogP contribution is 1.87. The van der Waals surface area contributed by atoms with Crippen molar-refractivity contribution in [3.05, 3.63) is 0 Å². The molecule has 0 heterocycles. The third-order valence-corrected chi connectivity index (χ3v) is 1.30. The Morgan fingerprint density at radius 3 is 2.67 bits per heavy atom. The molecule has 0 aromatic carbocycles. The molecule has 0 aromatic rings. The molecule has 0 amide bonds. The Kier molecular flexibility index (Phi) is 5.08. The molecular formula is C6H8O5S. The summed E-state index contributed by atoms with van der Waals surface area (Å²) in [6.07, 6.45) is 3.17.